The van der Waals surface area contributed by atoms with Crippen LogP contribution in [0.2, 0.25) is 0 Å². The van der Waals surface area contributed by atoms with Gasteiger partial charge in [0.2, 0.25) is 5.95 Å². The monoisotopic (exact) mass is 364 g/mol. The van der Waals surface area contributed by atoms with E-state index in [4.69, 9.17) is 4.74 Å². The average molecular weight is 364 g/mol. The van der Waals surface area contributed by atoms with Crippen molar-refractivity contribution < 1.29 is 9.53 Å². The molecular formula is C19H20N6O2. The lowest BCUT2D eigenvalue weighted by molar-refractivity contribution is 0.0602. The van der Waals surface area contributed by atoms with Gasteiger partial charge >= 0.3 is 5.97 Å². The molecule has 3 aromatic rings. The first kappa shape index (κ1) is 18.2. The van der Waals surface area contributed by atoms with Gasteiger partial charge in [-0.15, -0.1) is 5.10 Å². The second-order valence-electron chi connectivity index (χ2n) is 5.83. The maximum atomic E-state index is 11.9. The summed E-state index contributed by atoms with van der Waals surface area (Å²) in [5.41, 5.74) is 2.16. The smallest absolute Gasteiger partial charge is 0.339 e. The summed E-state index contributed by atoms with van der Waals surface area (Å²) in [6, 6.07) is 11.0. The van der Waals surface area contributed by atoms with Crippen molar-refractivity contribution in [2.45, 2.75) is 6.42 Å². The summed E-state index contributed by atoms with van der Waals surface area (Å²) in [7, 11) is 3.28. The van der Waals surface area contributed by atoms with Gasteiger partial charge in [0.15, 0.2) is 5.82 Å². The number of aromatic nitrogens is 4. The van der Waals surface area contributed by atoms with E-state index in [1.165, 1.54) is 12.7 Å². The number of nitrogens with zero attached hydrogens (tertiary/aromatic N) is 5. The highest BCUT2D eigenvalue weighted by Crippen LogP contribution is 2.20. The Hall–Kier alpha value is -3.55. The molecule has 0 aliphatic heterocycles. The van der Waals surface area contributed by atoms with Crippen molar-refractivity contribution in [1.82, 2.24) is 20.2 Å². The molecule has 138 valence electrons. The van der Waals surface area contributed by atoms with E-state index >= 15 is 0 Å². The summed E-state index contributed by atoms with van der Waals surface area (Å²) in [6.45, 7) is 0.765. The number of methoxy groups -OCH3 is 1. The molecule has 0 fully saturated rings. The van der Waals surface area contributed by atoms with Gasteiger partial charge in [0.25, 0.3) is 0 Å². The SMILES string of the molecule is COC(=O)c1ccccc1Nc1nncc(N(C)CCc2ccncc2)n1. The van der Waals surface area contributed by atoms with E-state index in [1.54, 1.807) is 36.8 Å². The molecule has 27 heavy (non-hydrogen) atoms. The van der Waals surface area contributed by atoms with Crippen molar-refractivity contribution >= 4 is 23.4 Å². The van der Waals surface area contributed by atoms with E-state index < -0.39 is 5.97 Å². The van der Waals surface area contributed by atoms with E-state index in [9.17, 15) is 4.79 Å². The molecule has 0 unspecified atom stereocenters. The lowest BCUT2D eigenvalue weighted by Gasteiger charge is -2.18. The van der Waals surface area contributed by atoms with Crippen molar-refractivity contribution in [1.29, 1.82) is 0 Å². The Labute approximate surface area is 157 Å². The number of carbonyl (C=O) groups excluding carboxylic acids is 1. The normalized spacial score (nSPS) is 10.3. The number of carbonyl (C=O) groups is 1. The Morgan fingerprint density at radius 3 is 2.74 bits per heavy atom. The first-order chi connectivity index (χ1) is 13.2. The first-order valence-corrected chi connectivity index (χ1v) is 8.41. The second kappa shape index (κ2) is 8.70. The van der Waals surface area contributed by atoms with Crippen LogP contribution in [0.4, 0.5) is 17.5 Å². The van der Waals surface area contributed by atoms with E-state index in [2.05, 4.69) is 25.5 Å². The molecule has 0 saturated carbocycles. The maximum absolute atomic E-state index is 11.9. The van der Waals surface area contributed by atoms with Gasteiger partial charge in [0, 0.05) is 26.0 Å². The van der Waals surface area contributed by atoms with Gasteiger partial charge in [-0.2, -0.15) is 10.1 Å². The molecule has 0 bridgehead atoms. The fourth-order valence-corrected chi connectivity index (χ4v) is 2.49. The van der Waals surface area contributed by atoms with E-state index in [0.717, 1.165) is 13.0 Å². The highest BCUT2D eigenvalue weighted by molar-refractivity contribution is 5.96. The Kier molecular flexibility index (Phi) is 5.88. The van der Waals surface area contributed by atoms with E-state index in [0.29, 0.717) is 23.0 Å². The molecule has 0 atom stereocenters. The van der Waals surface area contributed by atoms with Crippen LogP contribution in [0, 0.1) is 0 Å². The third-order valence-electron chi connectivity index (χ3n) is 4.00. The number of para-hydroxylation sites is 1. The molecule has 8 nitrogen and oxygen atoms in total. The standard InChI is InChI=1S/C19H20N6O2/c1-25(12-9-14-7-10-20-11-8-14)17-13-21-24-19(23-17)22-16-6-4-3-5-15(16)18(26)27-2/h3-8,10-11,13H,9,12H2,1-2H3,(H,22,23,24). The van der Waals surface area contributed by atoms with Crippen LogP contribution in [0.25, 0.3) is 0 Å². The number of esters is 1. The molecule has 3 rings (SSSR count). The number of nitrogens with one attached hydrogen (secondary N) is 1. The van der Waals surface area contributed by atoms with Crippen LogP contribution < -0.4 is 10.2 Å². The van der Waals surface area contributed by atoms with Gasteiger partial charge in [-0.05, 0) is 36.2 Å². The number of hydrogen-bond acceptors (Lipinski definition) is 8. The fourth-order valence-electron chi connectivity index (χ4n) is 2.49. The minimum absolute atomic E-state index is 0.305. The Morgan fingerprint density at radius 1 is 1.19 bits per heavy atom. The summed E-state index contributed by atoms with van der Waals surface area (Å²) in [5, 5.41) is 11.0. The van der Waals surface area contributed by atoms with Gasteiger partial charge in [0.1, 0.15) is 0 Å². The van der Waals surface area contributed by atoms with E-state index in [1.807, 2.05) is 30.1 Å². The predicted octanol–water partition coefficient (Wildman–Crippen LogP) is 2.48. The summed E-state index contributed by atoms with van der Waals surface area (Å²) >= 11 is 0. The number of hydrogen-bond donors (Lipinski definition) is 1. The molecule has 0 radical (unpaired) electrons. The first-order valence-electron chi connectivity index (χ1n) is 8.41. The number of rotatable bonds is 7. The summed E-state index contributed by atoms with van der Waals surface area (Å²) in [6.07, 6.45) is 6.02. The van der Waals surface area contributed by atoms with Gasteiger partial charge in [-0.3, -0.25) is 4.98 Å². The van der Waals surface area contributed by atoms with Crippen molar-refractivity contribution in [2.75, 3.05) is 30.9 Å². The van der Waals surface area contributed by atoms with Crippen molar-refractivity contribution in [2.24, 2.45) is 0 Å². The predicted molar refractivity (Wildman–Crippen MR) is 102 cm³/mol. The fraction of sp³-hybridized carbons (Fsp3) is 0.211. The quantitative estimate of drug-likeness (QED) is 0.639. The number of ether oxygens (including phenoxy) is 1. The lowest BCUT2D eigenvalue weighted by Crippen LogP contribution is -2.22. The molecule has 0 aliphatic rings. The zero-order chi connectivity index (χ0) is 19.1. The van der Waals surface area contributed by atoms with Crippen LogP contribution in [0.3, 0.4) is 0 Å². The number of benzene rings is 1. The number of pyridine rings is 1. The third kappa shape index (κ3) is 4.75. The molecular weight excluding hydrogens is 344 g/mol. The average Bonchev–Trinajstić information content (AvgIpc) is 2.73. The topological polar surface area (TPSA) is 93.1 Å². The third-order valence-corrected chi connectivity index (χ3v) is 4.00. The minimum Gasteiger partial charge on any atom is -0.465 e. The molecule has 8 heteroatoms. The van der Waals surface area contributed by atoms with E-state index in [-0.39, 0.29) is 0 Å². The Bertz CT molecular complexity index is 903. The van der Waals surface area contributed by atoms with Gasteiger partial charge in [-0.25, -0.2) is 4.79 Å². The zero-order valence-electron chi connectivity index (χ0n) is 15.2. The molecule has 0 amide bonds. The summed E-state index contributed by atoms with van der Waals surface area (Å²) in [4.78, 5) is 22.4. The van der Waals surface area contributed by atoms with Crippen LogP contribution in [-0.2, 0) is 11.2 Å². The molecule has 1 aromatic carbocycles. The Balaban J connectivity index is 1.71. The van der Waals surface area contributed by atoms with Crippen LogP contribution >= 0.6 is 0 Å². The second-order valence-corrected chi connectivity index (χ2v) is 5.83. The van der Waals surface area contributed by atoms with Crippen molar-refractivity contribution in [3.8, 4) is 0 Å². The van der Waals surface area contributed by atoms with Gasteiger partial charge < -0.3 is 15.0 Å². The van der Waals surface area contributed by atoms with Crippen molar-refractivity contribution in [3.05, 3.63) is 66.1 Å². The number of anilines is 3. The van der Waals surface area contributed by atoms with Crippen LogP contribution in [0.5, 0.6) is 0 Å². The van der Waals surface area contributed by atoms with Crippen molar-refractivity contribution in [3.63, 3.8) is 0 Å². The molecule has 2 aromatic heterocycles. The molecule has 0 spiro atoms. The minimum atomic E-state index is -0.434. The molecule has 0 aliphatic carbocycles. The molecule has 0 saturated heterocycles. The zero-order valence-corrected chi connectivity index (χ0v) is 15.2. The molecule has 2 heterocycles. The van der Waals surface area contributed by atoms with Crippen LogP contribution in [-0.4, -0.2) is 46.8 Å². The van der Waals surface area contributed by atoms with Crippen LogP contribution in [0.1, 0.15) is 15.9 Å². The largest absolute Gasteiger partial charge is 0.465 e. The Morgan fingerprint density at radius 2 is 1.96 bits per heavy atom. The van der Waals surface area contributed by atoms with Crippen LogP contribution in [0.15, 0.2) is 55.0 Å². The highest BCUT2D eigenvalue weighted by atomic mass is 16.5. The summed E-state index contributed by atoms with van der Waals surface area (Å²) in [5.74, 6) is 0.549. The van der Waals surface area contributed by atoms with Gasteiger partial charge in [0.05, 0.1) is 24.6 Å². The molecule has 1 N–H and O–H groups in total. The summed E-state index contributed by atoms with van der Waals surface area (Å²) < 4.78 is 4.80. The number of likely N-dealkylation sites (N-methyl/N-ethyl adjacent to an activating group) is 1. The van der Waals surface area contributed by atoms with Gasteiger partial charge in [-0.1, -0.05) is 12.1 Å². The maximum Gasteiger partial charge on any atom is 0.339 e. The lowest BCUT2D eigenvalue weighted by atomic mass is 10.2. The highest BCUT2D eigenvalue weighted by Gasteiger charge is 2.13.